The van der Waals surface area contributed by atoms with Crippen LogP contribution in [-0.4, -0.2) is 60.1 Å². The summed E-state index contributed by atoms with van der Waals surface area (Å²) in [6, 6.07) is 9.52. The van der Waals surface area contributed by atoms with Gasteiger partial charge in [-0.05, 0) is 33.6 Å². The summed E-state index contributed by atoms with van der Waals surface area (Å²) in [5, 5.41) is 18.1. The monoisotopic (exact) mass is 425 g/mol. The number of aromatic amines is 1. The van der Waals surface area contributed by atoms with Crippen LogP contribution in [0.4, 0.5) is 4.79 Å². The molecule has 0 spiro atoms. The van der Waals surface area contributed by atoms with Crippen LogP contribution in [0.3, 0.4) is 0 Å². The molecule has 0 radical (unpaired) electrons. The Hall–Kier alpha value is -3.20. The third kappa shape index (κ3) is 4.46. The molecule has 9 heteroatoms. The molecule has 2 N–H and O–H groups in total. The van der Waals surface area contributed by atoms with E-state index in [1.54, 1.807) is 4.90 Å². The molecule has 3 aromatic rings. The van der Waals surface area contributed by atoms with E-state index >= 15 is 0 Å². The Bertz CT molecular complexity index is 1140. The number of carbonyl (C=O) groups excluding carboxylic acids is 1. The van der Waals surface area contributed by atoms with Crippen molar-refractivity contribution < 1.29 is 14.6 Å². The quantitative estimate of drug-likeness (QED) is 0.667. The minimum Gasteiger partial charge on any atom is -0.444 e. The molecule has 0 saturated carbocycles. The molecule has 2 aromatic heterocycles. The van der Waals surface area contributed by atoms with Crippen molar-refractivity contribution >= 4 is 17.1 Å². The molecule has 1 aliphatic heterocycles. The number of benzene rings is 1. The summed E-state index contributed by atoms with van der Waals surface area (Å²) in [4.78, 5) is 31.2. The molecule has 0 aliphatic carbocycles. The maximum absolute atomic E-state index is 13.0. The van der Waals surface area contributed by atoms with Gasteiger partial charge in [-0.25, -0.2) is 9.78 Å². The van der Waals surface area contributed by atoms with E-state index in [0.717, 1.165) is 5.56 Å². The average molecular weight is 425 g/mol. The number of ether oxygens (including phenoxy) is 1. The van der Waals surface area contributed by atoms with Crippen molar-refractivity contribution in [2.24, 2.45) is 0 Å². The molecule has 1 amide bonds. The number of amides is 1. The van der Waals surface area contributed by atoms with Crippen molar-refractivity contribution in [3.63, 3.8) is 0 Å². The van der Waals surface area contributed by atoms with Crippen LogP contribution < -0.4 is 5.56 Å². The van der Waals surface area contributed by atoms with E-state index in [1.807, 2.05) is 51.1 Å². The number of carbonyl (C=O) groups is 1. The number of nitrogens with one attached hydrogen (secondary N) is 1. The van der Waals surface area contributed by atoms with Crippen LogP contribution in [0, 0.1) is 0 Å². The topological polar surface area (TPSA) is 113 Å². The van der Waals surface area contributed by atoms with Gasteiger partial charge in [0.05, 0.1) is 18.5 Å². The zero-order valence-electron chi connectivity index (χ0n) is 18.0. The summed E-state index contributed by atoms with van der Waals surface area (Å²) in [5.41, 5.74) is 0.316. The minimum atomic E-state index is -1.11. The van der Waals surface area contributed by atoms with E-state index in [0.29, 0.717) is 42.7 Å². The predicted octanol–water partition coefficient (Wildman–Crippen LogP) is 2.55. The maximum Gasteiger partial charge on any atom is 0.410 e. The lowest BCUT2D eigenvalue weighted by molar-refractivity contribution is -0.0419. The molecule has 9 nitrogen and oxygen atoms in total. The van der Waals surface area contributed by atoms with E-state index in [4.69, 9.17) is 4.74 Å². The van der Waals surface area contributed by atoms with E-state index in [9.17, 15) is 14.7 Å². The van der Waals surface area contributed by atoms with Crippen LogP contribution in [0.5, 0.6) is 0 Å². The fourth-order valence-electron chi connectivity index (χ4n) is 3.75. The molecule has 0 unspecified atom stereocenters. The molecule has 3 heterocycles. The summed E-state index contributed by atoms with van der Waals surface area (Å²) in [7, 11) is 0. The number of rotatable bonds is 3. The number of H-pyrrole nitrogens is 1. The van der Waals surface area contributed by atoms with E-state index < -0.39 is 11.2 Å². The average Bonchev–Trinajstić information content (AvgIpc) is 3.15. The summed E-state index contributed by atoms with van der Waals surface area (Å²) in [5.74, 6) is 0. The third-order valence-electron chi connectivity index (χ3n) is 5.40. The van der Waals surface area contributed by atoms with Gasteiger partial charge >= 0.3 is 6.09 Å². The lowest BCUT2D eigenvalue weighted by Gasteiger charge is -2.38. The number of aromatic nitrogens is 4. The Morgan fingerprint density at radius 2 is 1.90 bits per heavy atom. The second kappa shape index (κ2) is 7.81. The van der Waals surface area contributed by atoms with Gasteiger partial charge in [-0.1, -0.05) is 30.3 Å². The van der Waals surface area contributed by atoms with Crippen LogP contribution in [-0.2, 0) is 11.3 Å². The molecule has 1 aromatic carbocycles. The molecule has 1 saturated heterocycles. The first-order chi connectivity index (χ1) is 14.7. The number of piperidine rings is 1. The molecule has 31 heavy (non-hydrogen) atoms. The van der Waals surface area contributed by atoms with Crippen molar-refractivity contribution in [1.29, 1.82) is 0 Å². The van der Waals surface area contributed by atoms with Crippen molar-refractivity contribution in [3.05, 3.63) is 47.0 Å². The first-order valence-electron chi connectivity index (χ1n) is 10.3. The first kappa shape index (κ1) is 21.0. The molecule has 0 bridgehead atoms. The Labute approximate surface area is 179 Å². The highest BCUT2D eigenvalue weighted by molar-refractivity contribution is 5.88. The molecule has 1 aliphatic rings. The zero-order chi connectivity index (χ0) is 22.2. The Kier molecular flexibility index (Phi) is 5.30. The molecule has 4 rings (SSSR count). The highest BCUT2D eigenvalue weighted by Crippen LogP contribution is 2.26. The molecule has 164 valence electrons. The van der Waals surface area contributed by atoms with Gasteiger partial charge < -0.3 is 14.7 Å². The lowest BCUT2D eigenvalue weighted by atomic mass is 9.91. The lowest BCUT2D eigenvalue weighted by Crippen LogP contribution is -2.50. The fraction of sp³-hybridized carbons (Fsp3) is 0.455. The van der Waals surface area contributed by atoms with Gasteiger partial charge in [0.15, 0.2) is 0 Å². The highest BCUT2D eigenvalue weighted by atomic mass is 16.6. The van der Waals surface area contributed by atoms with Gasteiger partial charge in [0, 0.05) is 18.7 Å². The summed E-state index contributed by atoms with van der Waals surface area (Å²) in [6.45, 7) is 6.27. The first-order valence-corrected chi connectivity index (χ1v) is 10.3. The SMILES string of the molecule is CC(C)(C)OC(=O)N1CCC(O)(Cn2cnc3c(-c4ccccc4)n[nH]c3c2=O)CC1. The zero-order valence-corrected chi connectivity index (χ0v) is 18.0. The Morgan fingerprint density at radius 3 is 2.55 bits per heavy atom. The summed E-state index contributed by atoms with van der Waals surface area (Å²) >= 11 is 0. The largest absolute Gasteiger partial charge is 0.444 e. The second-order valence-corrected chi connectivity index (χ2v) is 9.03. The smallest absolute Gasteiger partial charge is 0.410 e. The summed E-state index contributed by atoms with van der Waals surface area (Å²) < 4.78 is 6.80. The van der Waals surface area contributed by atoms with Crippen molar-refractivity contribution in [2.45, 2.75) is 51.4 Å². The maximum atomic E-state index is 13.0. The van der Waals surface area contributed by atoms with Crippen molar-refractivity contribution in [1.82, 2.24) is 24.6 Å². The van der Waals surface area contributed by atoms with Crippen molar-refractivity contribution in [3.8, 4) is 11.3 Å². The summed E-state index contributed by atoms with van der Waals surface area (Å²) in [6.07, 6.45) is 1.75. The molecule has 1 fully saturated rings. The number of hydrogen-bond donors (Lipinski definition) is 2. The van der Waals surface area contributed by atoms with E-state index in [-0.39, 0.29) is 18.2 Å². The number of fused-ring (bicyclic) bond motifs is 1. The van der Waals surface area contributed by atoms with Gasteiger partial charge in [-0.3, -0.25) is 14.5 Å². The number of aliphatic hydroxyl groups is 1. The normalized spacial score (nSPS) is 16.5. The fourth-order valence-corrected chi connectivity index (χ4v) is 3.75. The number of hydrogen-bond acceptors (Lipinski definition) is 6. The predicted molar refractivity (Wildman–Crippen MR) is 116 cm³/mol. The van der Waals surface area contributed by atoms with E-state index in [2.05, 4.69) is 15.2 Å². The number of nitrogens with zero attached hydrogens (tertiary/aromatic N) is 4. The number of likely N-dealkylation sites (tertiary alicyclic amines) is 1. The minimum absolute atomic E-state index is 0.0939. The van der Waals surface area contributed by atoms with E-state index in [1.165, 1.54) is 10.9 Å². The highest BCUT2D eigenvalue weighted by Gasteiger charge is 2.36. The van der Waals surface area contributed by atoms with Gasteiger partial charge in [0.2, 0.25) is 0 Å². The van der Waals surface area contributed by atoms with Crippen LogP contribution in [0.2, 0.25) is 0 Å². The Balaban J connectivity index is 1.50. The molecular weight excluding hydrogens is 398 g/mol. The second-order valence-electron chi connectivity index (χ2n) is 9.03. The third-order valence-corrected chi connectivity index (χ3v) is 5.40. The molecular formula is C22H27N5O4. The van der Waals surface area contributed by atoms with Gasteiger partial charge in [-0.2, -0.15) is 5.10 Å². The van der Waals surface area contributed by atoms with Gasteiger partial charge in [0.1, 0.15) is 22.3 Å². The standard InChI is InChI=1S/C22H27N5O4/c1-21(2,3)31-20(29)26-11-9-22(30,10-12-26)13-27-14-23-17-16(15-7-5-4-6-8-15)24-25-18(17)19(27)28/h4-8,14,30H,9-13H2,1-3H3,(H,24,25). The van der Waals surface area contributed by atoms with Crippen LogP contribution in [0.15, 0.2) is 41.5 Å². The Morgan fingerprint density at radius 1 is 1.23 bits per heavy atom. The van der Waals surface area contributed by atoms with Gasteiger partial charge in [0.25, 0.3) is 5.56 Å². The van der Waals surface area contributed by atoms with Crippen LogP contribution in [0.25, 0.3) is 22.3 Å². The van der Waals surface area contributed by atoms with Crippen molar-refractivity contribution in [2.75, 3.05) is 13.1 Å². The molecule has 0 atom stereocenters. The van der Waals surface area contributed by atoms with Crippen LogP contribution in [0.1, 0.15) is 33.6 Å². The van der Waals surface area contributed by atoms with Crippen LogP contribution >= 0.6 is 0 Å². The van der Waals surface area contributed by atoms with Gasteiger partial charge in [-0.15, -0.1) is 0 Å².